The number of amides is 1. The minimum absolute atomic E-state index is 0.0450. The molecule has 1 fully saturated rings. The van der Waals surface area contributed by atoms with Gasteiger partial charge in [-0.05, 0) is 68.1 Å². The van der Waals surface area contributed by atoms with Gasteiger partial charge in [0.2, 0.25) is 5.91 Å². The Balaban J connectivity index is 1.50. The van der Waals surface area contributed by atoms with Crippen molar-refractivity contribution in [3.05, 3.63) is 34.9 Å². The van der Waals surface area contributed by atoms with E-state index in [1.54, 1.807) is 0 Å². The zero-order valence-corrected chi connectivity index (χ0v) is 14.2. The van der Waals surface area contributed by atoms with Crippen molar-refractivity contribution < 1.29 is 14.7 Å². The van der Waals surface area contributed by atoms with Gasteiger partial charge in [-0.15, -0.1) is 0 Å². The van der Waals surface area contributed by atoms with Crippen LogP contribution in [0.25, 0.3) is 0 Å². The third-order valence-corrected chi connectivity index (χ3v) is 5.23. The number of benzene rings is 1. The lowest BCUT2D eigenvalue weighted by molar-refractivity contribution is -0.122. The summed E-state index contributed by atoms with van der Waals surface area (Å²) in [6.45, 7) is 0.0928. The van der Waals surface area contributed by atoms with E-state index in [2.05, 4.69) is 11.4 Å². The first-order valence-corrected chi connectivity index (χ1v) is 9.22. The summed E-state index contributed by atoms with van der Waals surface area (Å²) in [5.74, 6) is 0.479. The van der Waals surface area contributed by atoms with Gasteiger partial charge in [-0.2, -0.15) is 0 Å². The second-order valence-electron chi connectivity index (χ2n) is 7.14. The SMILES string of the molecule is O=C(CCC(=O)c1ccc2c(c1)CCCC2)NC(CCO)C1CC1. The predicted molar refractivity (Wildman–Crippen MR) is 93.0 cm³/mol. The average Bonchev–Trinajstić information content (AvgIpc) is 3.44. The van der Waals surface area contributed by atoms with Crippen LogP contribution in [-0.4, -0.2) is 29.4 Å². The van der Waals surface area contributed by atoms with E-state index in [9.17, 15) is 9.59 Å². The molecule has 1 atom stereocenters. The molecular formula is C20H27NO3. The quantitative estimate of drug-likeness (QED) is 0.721. The number of fused-ring (bicyclic) bond motifs is 1. The van der Waals surface area contributed by atoms with E-state index >= 15 is 0 Å². The number of rotatable bonds is 8. The summed E-state index contributed by atoms with van der Waals surface area (Å²) < 4.78 is 0. The van der Waals surface area contributed by atoms with Crippen molar-refractivity contribution in [3.63, 3.8) is 0 Å². The largest absolute Gasteiger partial charge is 0.396 e. The number of aliphatic hydroxyl groups excluding tert-OH is 1. The Morgan fingerprint density at radius 3 is 2.58 bits per heavy atom. The molecule has 24 heavy (non-hydrogen) atoms. The lowest BCUT2D eigenvalue weighted by Gasteiger charge is -2.17. The van der Waals surface area contributed by atoms with Crippen LogP contribution in [0.1, 0.15) is 66.4 Å². The highest BCUT2D eigenvalue weighted by Crippen LogP contribution is 2.34. The van der Waals surface area contributed by atoms with Crippen molar-refractivity contribution in [1.29, 1.82) is 0 Å². The number of Topliss-reactive ketones (excluding diaryl/α,β-unsaturated/α-hetero) is 1. The van der Waals surface area contributed by atoms with Crippen molar-refractivity contribution in [3.8, 4) is 0 Å². The first-order chi connectivity index (χ1) is 11.7. The van der Waals surface area contributed by atoms with Gasteiger partial charge in [-0.3, -0.25) is 9.59 Å². The van der Waals surface area contributed by atoms with Gasteiger partial charge in [0, 0.05) is 31.1 Å². The highest BCUT2D eigenvalue weighted by Gasteiger charge is 2.31. The van der Waals surface area contributed by atoms with E-state index in [4.69, 9.17) is 5.11 Å². The molecule has 1 amide bonds. The Kier molecular flexibility index (Phi) is 5.67. The van der Waals surface area contributed by atoms with E-state index in [0.717, 1.165) is 31.2 Å². The van der Waals surface area contributed by atoms with E-state index in [1.165, 1.54) is 24.0 Å². The van der Waals surface area contributed by atoms with E-state index < -0.39 is 0 Å². The van der Waals surface area contributed by atoms with Gasteiger partial charge < -0.3 is 10.4 Å². The van der Waals surface area contributed by atoms with E-state index in [1.807, 2.05) is 12.1 Å². The molecule has 4 nitrogen and oxygen atoms in total. The molecular weight excluding hydrogens is 302 g/mol. The number of aryl methyl sites for hydroxylation is 2. The van der Waals surface area contributed by atoms with Gasteiger partial charge in [0.1, 0.15) is 0 Å². The monoisotopic (exact) mass is 329 g/mol. The molecule has 0 aromatic heterocycles. The lowest BCUT2D eigenvalue weighted by atomic mass is 9.89. The summed E-state index contributed by atoms with van der Waals surface area (Å²) in [7, 11) is 0. The third kappa shape index (κ3) is 4.44. The van der Waals surface area contributed by atoms with Crippen molar-refractivity contribution in [2.75, 3.05) is 6.61 Å². The van der Waals surface area contributed by atoms with E-state index in [0.29, 0.717) is 12.3 Å². The van der Waals surface area contributed by atoms with Crippen LogP contribution >= 0.6 is 0 Å². The summed E-state index contributed by atoms with van der Waals surface area (Å²) in [5, 5.41) is 12.1. The minimum Gasteiger partial charge on any atom is -0.396 e. The molecule has 2 aliphatic carbocycles. The summed E-state index contributed by atoms with van der Waals surface area (Å²) in [6.07, 6.45) is 7.93. The molecule has 1 aromatic rings. The van der Waals surface area contributed by atoms with Crippen molar-refractivity contribution in [2.24, 2.45) is 5.92 Å². The second-order valence-corrected chi connectivity index (χ2v) is 7.14. The molecule has 0 heterocycles. The molecule has 0 spiro atoms. The van der Waals surface area contributed by atoms with Gasteiger partial charge in [0.25, 0.3) is 0 Å². The van der Waals surface area contributed by atoms with E-state index in [-0.39, 0.29) is 37.2 Å². The van der Waals surface area contributed by atoms with Gasteiger partial charge in [0.15, 0.2) is 5.78 Å². The fourth-order valence-corrected chi connectivity index (χ4v) is 3.62. The maximum Gasteiger partial charge on any atom is 0.220 e. The first-order valence-electron chi connectivity index (χ1n) is 9.22. The van der Waals surface area contributed by atoms with Crippen LogP contribution in [0, 0.1) is 5.92 Å². The highest BCUT2D eigenvalue weighted by molar-refractivity contribution is 5.98. The normalized spacial score (nSPS) is 17.9. The topological polar surface area (TPSA) is 66.4 Å². The number of carbonyl (C=O) groups is 2. The second kappa shape index (κ2) is 7.93. The van der Waals surface area contributed by atoms with Gasteiger partial charge in [-0.1, -0.05) is 12.1 Å². The standard InChI is InChI=1S/C20H27NO3/c22-12-11-18(15-6-7-15)21-20(24)10-9-19(23)17-8-5-14-3-1-2-4-16(14)13-17/h5,8,13,15,18,22H,1-4,6-7,9-12H2,(H,21,24). The van der Waals surface area contributed by atoms with Crippen LogP contribution in [-0.2, 0) is 17.6 Å². The van der Waals surface area contributed by atoms with Gasteiger partial charge in [0.05, 0.1) is 0 Å². The van der Waals surface area contributed by atoms with Crippen molar-refractivity contribution in [2.45, 2.75) is 63.8 Å². The summed E-state index contributed by atoms with van der Waals surface area (Å²) in [4.78, 5) is 24.5. The number of carbonyl (C=O) groups excluding carboxylic acids is 2. The highest BCUT2D eigenvalue weighted by atomic mass is 16.3. The minimum atomic E-state index is -0.0772. The molecule has 0 aliphatic heterocycles. The van der Waals surface area contributed by atoms with Crippen LogP contribution < -0.4 is 5.32 Å². The Morgan fingerprint density at radius 1 is 1.12 bits per heavy atom. The fraction of sp³-hybridized carbons (Fsp3) is 0.600. The number of ketones is 1. The molecule has 0 radical (unpaired) electrons. The Morgan fingerprint density at radius 2 is 1.88 bits per heavy atom. The maximum absolute atomic E-state index is 12.4. The van der Waals surface area contributed by atoms with Crippen LogP contribution in [0.15, 0.2) is 18.2 Å². The molecule has 130 valence electrons. The predicted octanol–water partition coefficient (Wildman–Crippen LogP) is 2.81. The summed E-state index contributed by atoms with van der Waals surface area (Å²) in [5.41, 5.74) is 3.40. The maximum atomic E-state index is 12.4. The third-order valence-electron chi connectivity index (χ3n) is 5.23. The van der Waals surface area contributed by atoms with Crippen molar-refractivity contribution >= 4 is 11.7 Å². The number of hydrogen-bond acceptors (Lipinski definition) is 3. The number of aliphatic hydroxyl groups is 1. The zero-order valence-electron chi connectivity index (χ0n) is 14.2. The molecule has 1 aromatic carbocycles. The summed E-state index contributed by atoms with van der Waals surface area (Å²) in [6, 6.07) is 6.07. The molecule has 4 heteroatoms. The number of hydrogen-bond donors (Lipinski definition) is 2. The molecule has 1 unspecified atom stereocenters. The fourth-order valence-electron chi connectivity index (χ4n) is 3.62. The molecule has 0 saturated heterocycles. The Labute approximate surface area is 143 Å². The Bertz CT molecular complexity index is 607. The van der Waals surface area contributed by atoms with Crippen molar-refractivity contribution in [1.82, 2.24) is 5.32 Å². The molecule has 0 bridgehead atoms. The van der Waals surface area contributed by atoms with Gasteiger partial charge >= 0.3 is 0 Å². The average molecular weight is 329 g/mol. The van der Waals surface area contributed by atoms with Crippen LogP contribution in [0.5, 0.6) is 0 Å². The first kappa shape index (κ1) is 17.2. The Hall–Kier alpha value is -1.68. The van der Waals surface area contributed by atoms with Crippen LogP contribution in [0.3, 0.4) is 0 Å². The smallest absolute Gasteiger partial charge is 0.220 e. The lowest BCUT2D eigenvalue weighted by Crippen LogP contribution is -2.37. The molecule has 3 rings (SSSR count). The summed E-state index contributed by atoms with van der Waals surface area (Å²) >= 11 is 0. The van der Waals surface area contributed by atoms with Gasteiger partial charge in [-0.25, -0.2) is 0 Å². The van der Waals surface area contributed by atoms with Crippen LogP contribution in [0.2, 0.25) is 0 Å². The molecule has 1 saturated carbocycles. The zero-order chi connectivity index (χ0) is 16.9. The van der Waals surface area contributed by atoms with Crippen LogP contribution in [0.4, 0.5) is 0 Å². The number of nitrogens with one attached hydrogen (secondary N) is 1. The molecule has 2 aliphatic rings. The molecule has 2 N–H and O–H groups in total.